The van der Waals surface area contributed by atoms with Crippen LogP contribution in [0.2, 0.25) is 0 Å². The third-order valence-corrected chi connectivity index (χ3v) is 7.63. The zero-order chi connectivity index (χ0) is 18.8. The summed E-state index contributed by atoms with van der Waals surface area (Å²) in [5, 5.41) is 4.95. The summed E-state index contributed by atoms with van der Waals surface area (Å²) in [5.74, 6) is 0. The van der Waals surface area contributed by atoms with Crippen LogP contribution in [0.15, 0.2) is 10.8 Å². The molecule has 2 rings (SSSR count). The molecule has 0 atom stereocenters. The van der Waals surface area contributed by atoms with Gasteiger partial charge in [0.15, 0.2) is 0 Å². The predicted molar refractivity (Wildman–Crippen MR) is 122 cm³/mol. The van der Waals surface area contributed by atoms with Gasteiger partial charge in [-0.25, -0.2) is 0 Å². The van der Waals surface area contributed by atoms with Crippen molar-refractivity contribution in [3.8, 4) is 9.75 Å². The third-order valence-electron chi connectivity index (χ3n) is 5.33. The minimum absolute atomic E-state index is 1.27. The quantitative estimate of drug-likeness (QED) is 0.320. The molecule has 0 bridgehead atoms. The van der Waals surface area contributed by atoms with Crippen molar-refractivity contribution in [3.05, 3.63) is 33.0 Å². The maximum atomic E-state index is 2.48. The van der Waals surface area contributed by atoms with E-state index >= 15 is 0 Å². The molecule has 26 heavy (non-hydrogen) atoms. The van der Waals surface area contributed by atoms with Gasteiger partial charge in [0.25, 0.3) is 0 Å². The van der Waals surface area contributed by atoms with Crippen LogP contribution in [-0.4, -0.2) is 0 Å². The van der Waals surface area contributed by atoms with Gasteiger partial charge in [-0.3, -0.25) is 0 Å². The lowest BCUT2D eigenvalue weighted by molar-refractivity contribution is 0.759. The summed E-state index contributed by atoms with van der Waals surface area (Å²) >= 11 is 4.05. The molecule has 0 aliphatic heterocycles. The summed E-state index contributed by atoms with van der Waals surface area (Å²) in [6.07, 6.45) is 15.5. The molecule has 0 aliphatic carbocycles. The highest BCUT2D eigenvalue weighted by Gasteiger charge is 2.19. The Morgan fingerprint density at radius 2 is 0.885 bits per heavy atom. The van der Waals surface area contributed by atoms with Crippen LogP contribution >= 0.6 is 22.7 Å². The number of rotatable bonds is 13. The highest BCUT2D eigenvalue weighted by atomic mass is 32.1. The summed E-state index contributed by atoms with van der Waals surface area (Å²) in [7, 11) is 0. The first kappa shape index (κ1) is 21.7. The topological polar surface area (TPSA) is 0 Å². The molecule has 146 valence electrons. The maximum absolute atomic E-state index is 2.48. The highest BCUT2D eigenvalue weighted by Crippen LogP contribution is 2.42. The molecule has 0 amide bonds. The van der Waals surface area contributed by atoms with Gasteiger partial charge >= 0.3 is 0 Å². The Kier molecular flexibility index (Phi) is 9.99. The largest absolute Gasteiger partial charge is 0.142 e. The standard InChI is InChI=1S/C24H38S2/c1-5-9-13-19-17-25-23(21(19)15-11-7-3)24-22(16-12-8-4)20(18-26-24)14-10-6-2/h17-18H,5-16H2,1-4H3. The molecule has 0 spiro atoms. The van der Waals surface area contributed by atoms with Crippen molar-refractivity contribution < 1.29 is 0 Å². The molecule has 2 aromatic heterocycles. The van der Waals surface area contributed by atoms with Crippen molar-refractivity contribution in [1.29, 1.82) is 0 Å². The zero-order valence-corrected chi connectivity index (χ0v) is 19.1. The Balaban J connectivity index is 2.38. The smallest absolute Gasteiger partial charge is 0.0480 e. The fourth-order valence-electron chi connectivity index (χ4n) is 3.63. The van der Waals surface area contributed by atoms with Crippen molar-refractivity contribution in [2.24, 2.45) is 0 Å². The number of thiophene rings is 2. The Labute approximate surface area is 170 Å². The molecule has 0 unspecified atom stereocenters. The van der Waals surface area contributed by atoms with Crippen LogP contribution in [0.3, 0.4) is 0 Å². The van der Waals surface area contributed by atoms with Crippen molar-refractivity contribution >= 4 is 22.7 Å². The molecule has 2 aromatic rings. The zero-order valence-electron chi connectivity index (χ0n) is 17.5. The Hall–Kier alpha value is -0.600. The van der Waals surface area contributed by atoms with E-state index in [1.165, 1.54) is 77.0 Å². The second-order valence-electron chi connectivity index (χ2n) is 7.55. The molecule has 0 saturated carbocycles. The molecule has 0 radical (unpaired) electrons. The van der Waals surface area contributed by atoms with Gasteiger partial charge in [-0.1, -0.05) is 53.4 Å². The average molecular weight is 391 g/mol. The van der Waals surface area contributed by atoms with Crippen molar-refractivity contribution in [2.75, 3.05) is 0 Å². The summed E-state index contributed by atoms with van der Waals surface area (Å²) in [4.78, 5) is 3.23. The van der Waals surface area contributed by atoms with Gasteiger partial charge in [-0.2, -0.15) is 0 Å². The SMILES string of the molecule is CCCCc1csc(-c2scc(CCCC)c2CCCC)c1CCCC. The number of hydrogen-bond acceptors (Lipinski definition) is 2. The van der Waals surface area contributed by atoms with Crippen LogP contribution in [0, 0.1) is 0 Å². The Bertz CT molecular complexity index is 576. The van der Waals surface area contributed by atoms with Crippen molar-refractivity contribution in [3.63, 3.8) is 0 Å². The molecule has 0 N–H and O–H groups in total. The van der Waals surface area contributed by atoms with E-state index in [1.807, 2.05) is 22.7 Å². The normalized spacial score (nSPS) is 11.4. The van der Waals surface area contributed by atoms with Crippen LogP contribution < -0.4 is 0 Å². The van der Waals surface area contributed by atoms with Crippen LogP contribution in [0.5, 0.6) is 0 Å². The first-order chi connectivity index (χ1) is 12.8. The van der Waals surface area contributed by atoms with E-state index in [9.17, 15) is 0 Å². The molecule has 0 aromatic carbocycles. The van der Waals surface area contributed by atoms with Gasteiger partial charge in [-0.15, -0.1) is 22.7 Å². The van der Waals surface area contributed by atoms with Crippen LogP contribution in [0.4, 0.5) is 0 Å². The van der Waals surface area contributed by atoms with E-state index in [4.69, 9.17) is 0 Å². The lowest BCUT2D eigenvalue weighted by Gasteiger charge is -2.10. The summed E-state index contributed by atoms with van der Waals surface area (Å²) in [6, 6.07) is 0. The fourth-order valence-corrected chi connectivity index (χ4v) is 6.17. The van der Waals surface area contributed by atoms with Crippen molar-refractivity contribution in [1.82, 2.24) is 0 Å². The van der Waals surface area contributed by atoms with Crippen LogP contribution in [0.1, 0.15) is 101 Å². The van der Waals surface area contributed by atoms with Gasteiger partial charge in [0.05, 0.1) is 0 Å². The summed E-state index contributed by atoms with van der Waals surface area (Å²) < 4.78 is 0. The van der Waals surface area contributed by atoms with Gasteiger partial charge < -0.3 is 0 Å². The molecule has 0 nitrogen and oxygen atoms in total. The molecule has 2 heteroatoms. The molecule has 0 aliphatic rings. The number of hydrogen-bond donors (Lipinski definition) is 0. The lowest BCUT2D eigenvalue weighted by Crippen LogP contribution is -1.96. The first-order valence-corrected chi connectivity index (χ1v) is 12.7. The monoisotopic (exact) mass is 390 g/mol. The van der Waals surface area contributed by atoms with E-state index in [2.05, 4.69) is 38.5 Å². The van der Waals surface area contributed by atoms with E-state index in [0.717, 1.165) is 0 Å². The fraction of sp³-hybridized carbons (Fsp3) is 0.667. The highest BCUT2D eigenvalue weighted by molar-refractivity contribution is 7.20. The number of unbranched alkanes of at least 4 members (excludes halogenated alkanes) is 4. The molecule has 2 heterocycles. The van der Waals surface area contributed by atoms with E-state index in [-0.39, 0.29) is 0 Å². The third kappa shape index (κ3) is 5.70. The average Bonchev–Trinajstić information content (AvgIpc) is 3.24. The maximum Gasteiger partial charge on any atom is 0.0480 e. The van der Waals surface area contributed by atoms with E-state index < -0.39 is 0 Å². The lowest BCUT2D eigenvalue weighted by atomic mass is 9.96. The Morgan fingerprint density at radius 1 is 0.538 bits per heavy atom. The molecular formula is C24H38S2. The second-order valence-corrected chi connectivity index (χ2v) is 9.31. The molecule has 0 fully saturated rings. The van der Waals surface area contributed by atoms with Crippen LogP contribution in [-0.2, 0) is 25.7 Å². The Morgan fingerprint density at radius 3 is 1.23 bits per heavy atom. The first-order valence-electron chi connectivity index (χ1n) is 10.9. The molecular weight excluding hydrogens is 352 g/mol. The van der Waals surface area contributed by atoms with Gasteiger partial charge in [-0.05, 0) is 84.4 Å². The predicted octanol–water partition coefficient (Wildman–Crippen LogP) is 8.85. The van der Waals surface area contributed by atoms with E-state index in [0.29, 0.717) is 0 Å². The van der Waals surface area contributed by atoms with Gasteiger partial charge in [0, 0.05) is 9.75 Å². The van der Waals surface area contributed by atoms with Crippen LogP contribution in [0.25, 0.3) is 9.75 Å². The minimum atomic E-state index is 1.27. The minimum Gasteiger partial charge on any atom is -0.142 e. The van der Waals surface area contributed by atoms with Gasteiger partial charge in [0.1, 0.15) is 0 Å². The second kappa shape index (κ2) is 12.0. The summed E-state index contributed by atoms with van der Waals surface area (Å²) in [5.41, 5.74) is 6.66. The van der Waals surface area contributed by atoms with E-state index in [1.54, 1.807) is 32.0 Å². The summed E-state index contributed by atoms with van der Waals surface area (Å²) in [6.45, 7) is 9.25. The number of aryl methyl sites for hydroxylation is 2. The molecule has 0 saturated heterocycles. The van der Waals surface area contributed by atoms with Gasteiger partial charge in [0.2, 0.25) is 0 Å². The van der Waals surface area contributed by atoms with Crippen molar-refractivity contribution in [2.45, 2.75) is 105 Å².